The lowest BCUT2D eigenvalue weighted by Gasteiger charge is -2.21. The van der Waals surface area contributed by atoms with Gasteiger partial charge in [0.15, 0.2) is 0 Å². The topological polar surface area (TPSA) is 6.48 Å². The van der Waals surface area contributed by atoms with Crippen molar-refractivity contribution in [3.63, 3.8) is 0 Å². The number of likely N-dealkylation sites (tertiary alicyclic amines) is 1. The van der Waals surface area contributed by atoms with Crippen LogP contribution in [-0.4, -0.2) is 41.2 Å². The summed E-state index contributed by atoms with van der Waals surface area (Å²) in [6, 6.07) is 0. The molecular formula is C8H15IN2. The summed E-state index contributed by atoms with van der Waals surface area (Å²) in [6.07, 6.45) is 2.84. The van der Waals surface area contributed by atoms with Crippen LogP contribution in [0.15, 0.2) is 0 Å². The highest BCUT2D eigenvalue weighted by atomic mass is 127. The molecule has 2 rings (SSSR count). The van der Waals surface area contributed by atoms with Gasteiger partial charge in [-0.05, 0) is 31.8 Å². The van der Waals surface area contributed by atoms with Gasteiger partial charge in [-0.1, -0.05) is 0 Å². The van der Waals surface area contributed by atoms with Crippen LogP contribution >= 0.6 is 22.9 Å². The van der Waals surface area contributed by atoms with Gasteiger partial charge < -0.3 is 4.90 Å². The van der Waals surface area contributed by atoms with Crippen molar-refractivity contribution >= 4 is 22.9 Å². The van der Waals surface area contributed by atoms with Crippen LogP contribution in [0, 0.1) is 5.41 Å². The second kappa shape index (κ2) is 2.85. The highest BCUT2D eigenvalue weighted by Crippen LogP contribution is 2.39. The van der Waals surface area contributed by atoms with Gasteiger partial charge in [-0.25, -0.2) is 3.11 Å². The predicted molar refractivity (Wildman–Crippen MR) is 54.8 cm³/mol. The largest absolute Gasteiger partial charge is 0.306 e. The first kappa shape index (κ1) is 8.26. The molecule has 0 aromatic rings. The van der Waals surface area contributed by atoms with Gasteiger partial charge in [0.2, 0.25) is 0 Å². The summed E-state index contributed by atoms with van der Waals surface area (Å²) in [5, 5.41) is 0. The molecule has 1 spiro atoms. The molecule has 0 bridgehead atoms. The molecule has 0 radical (unpaired) electrons. The zero-order valence-corrected chi connectivity index (χ0v) is 9.17. The monoisotopic (exact) mass is 266 g/mol. The van der Waals surface area contributed by atoms with E-state index in [1.54, 1.807) is 0 Å². The maximum Gasteiger partial charge on any atom is 0.0201 e. The van der Waals surface area contributed by atoms with Crippen LogP contribution in [0.1, 0.15) is 12.8 Å². The average Bonchev–Trinajstić information content (AvgIpc) is 2.44. The minimum atomic E-state index is 0.677. The van der Waals surface area contributed by atoms with Crippen molar-refractivity contribution in [1.82, 2.24) is 8.01 Å². The fourth-order valence-electron chi connectivity index (χ4n) is 2.37. The summed E-state index contributed by atoms with van der Waals surface area (Å²) in [6.45, 7) is 5.25. The summed E-state index contributed by atoms with van der Waals surface area (Å²) in [4.78, 5) is 2.47. The van der Waals surface area contributed by atoms with E-state index in [0.29, 0.717) is 5.41 Å². The van der Waals surface area contributed by atoms with E-state index in [2.05, 4.69) is 37.9 Å². The number of halogens is 1. The number of hydrogen-bond donors (Lipinski definition) is 0. The van der Waals surface area contributed by atoms with E-state index in [9.17, 15) is 0 Å². The Balaban J connectivity index is 2.02. The first-order chi connectivity index (χ1) is 5.20. The number of rotatable bonds is 0. The van der Waals surface area contributed by atoms with Gasteiger partial charge in [0, 0.05) is 42.5 Å². The number of nitrogens with zero attached hydrogens (tertiary/aromatic N) is 2. The third-order valence-corrected chi connectivity index (χ3v) is 3.84. The Morgan fingerprint density at radius 1 is 1.18 bits per heavy atom. The minimum Gasteiger partial charge on any atom is -0.306 e. The van der Waals surface area contributed by atoms with E-state index >= 15 is 0 Å². The fraction of sp³-hybridized carbons (Fsp3) is 1.00. The zero-order chi connectivity index (χ0) is 7.90. The second-order valence-electron chi connectivity index (χ2n) is 4.08. The van der Waals surface area contributed by atoms with Crippen molar-refractivity contribution < 1.29 is 0 Å². The lowest BCUT2D eigenvalue weighted by Crippen LogP contribution is -2.26. The first-order valence-corrected chi connectivity index (χ1v) is 5.26. The molecule has 0 N–H and O–H groups in total. The van der Waals surface area contributed by atoms with Crippen molar-refractivity contribution in [2.45, 2.75) is 12.8 Å². The van der Waals surface area contributed by atoms with Crippen molar-refractivity contribution in [1.29, 1.82) is 0 Å². The summed E-state index contributed by atoms with van der Waals surface area (Å²) in [5.41, 5.74) is 0.677. The van der Waals surface area contributed by atoms with Gasteiger partial charge in [0.1, 0.15) is 0 Å². The molecule has 0 saturated carbocycles. The van der Waals surface area contributed by atoms with E-state index in [-0.39, 0.29) is 0 Å². The van der Waals surface area contributed by atoms with Gasteiger partial charge in [-0.3, -0.25) is 0 Å². The van der Waals surface area contributed by atoms with Crippen LogP contribution in [-0.2, 0) is 0 Å². The van der Waals surface area contributed by atoms with Gasteiger partial charge >= 0.3 is 0 Å². The molecule has 0 aromatic heterocycles. The molecule has 0 aliphatic carbocycles. The highest BCUT2D eigenvalue weighted by Gasteiger charge is 2.41. The van der Waals surface area contributed by atoms with E-state index in [4.69, 9.17) is 0 Å². The third-order valence-electron chi connectivity index (χ3n) is 3.02. The molecule has 2 nitrogen and oxygen atoms in total. The molecule has 0 aromatic carbocycles. The maximum absolute atomic E-state index is 2.47. The first-order valence-electron chi connectivity index (χ1n) is 4.30. The Kier molecular flexibility index (Phi) is 2.14. The Labute approximate surface area is 82.4 Å². The third kappa shape index (κ3) is 1.55. The molecule has 2 saturated heterocycles. The Hall–Kier alpha value is 0.650. The Morgan fingerprint density at radius 2 is 1.91 bits per heavy atom. The molecule has 64 valence electrons. The van der Waals surface area contributed by atoms with Gasteiger partial charge in [0.25, 0.3) is 0 Å². The lowest BCUT2D eigenvalue weighted by atomic mass is 9.87. The standard InChI is InChI=1S/C8H15IN2/c1-10-4-2-8(6-10)3-5-11(9)7-8/h2-7H2,1H3. The number of hydrogen-bond acceptors (Lipinski definition) is 2. The molecule has 1 atom stereocenters. The second-order valence-corrected chi connectivity index (χ2v) is 5.45. The quantitative estimate of drug-likeness (QED) is 0.482. The Morgan fingerprint density at radius 3 is 2.36 bits per heavy atom. The van der Waals surface area contributed by atoms with Gasteiger partial charge in [0.05, 0.1) is 0 Å². The molecular weight excluding hydrogens is 251 g/mol. The van der Waals surface area contributed by atoms with E-state index in [1.165, 1.54) is 39.0 Å². The molecule has 11 heavy (non-hydrogen) atoms. The fourth-order valence-corrected chi connectivity index (χ4v) is 3.34. The molecule has 3 heteroatoms. The van der Waals surface area contributed by atoms with E-state index in [1.807, 2.05) is 0 Å². The normalized spacial score (nSPS) is 40.9. The van der Waals surface area contributed by atoms with Crippen LogP contribution in [0.4, 0.5) is 0 Å². The summed E-state index contributed by atoms with van der Waals surface area (Å²) in [5.74, 6) is 0. The van der Waals surface area contributed by atoms with Crippen LogP contribution < -0.4 is 0 Å². The molecule has 0 amide bonds. The van der Waals surface area contributed by atoms with Crippen molar-refractivity contribution in [2.75, 3.05) is 33.2 Å². The summed E-state index contributed by atoms with van der Waals surface area (Å²) < 4.78 is 2.44. The molecule has 2 aliphatic rings. The van der Waals surface area contributed by atoms with Crippen LogP contribution in [0.2, 0.25) is 0 Å². The van der Waals surface area contributed by atoms with Crippen molar-refractivity contribution in [3.8, 4) is 0 Å². The van der Waals surface area contributed by atoms with Crippen molar-refractivity contribution in [2.24, 2.45) is 5.41 Å². The van der Waals surface area contributed by atoms with E-state index < -0.39 is 0 Å². The summed E-state index contributed by atoms with van der Waals surface area (Å²) >= 11 is 2.45. The average molecular weight is 266 g/mol. The van der Waals surface area contributed by atoms with Gasteiger partial charge in [-0.15, -0.1) is 0 Å². The molecule has 2 aliphatic heterocycles. The minimum absolute atomic E-state index is 0.677. The van der Waals surface area contributed by atoms with Gasteiger partial charge in [-0.2, -0.15) is 0 Å². The van der Waals surface area contributed by atoms with Crippen LogP contribution in [0.5, 0.6) is 0 Å². The Bertz CT molecular complexity index is 142. The SMILES string of the molecule is CN1CCC2(CCN(I)C2)C1. The predicted octanol–water partition coefficient (Wildman–Crippen LogP) is 1.36. The maximum atomic E-state index is 2.47. The zero-order valence-electron chi connectivity index (χ0n) is 7.02. The molecule has 2 fully saturated rings. The lowest BCUT2D eigenvalue weighted by molar-refractivity contribution is 0.301. The smallest absolute Gasteiger partial charge is 0.0201 e. The van der Waals surface area contributed by atoms with Crippen molar-refractivity contribution in [3.05, 3.63) is 0 Å². The van der Waals surface area contributed by atoms with Crippen LogP contribution in [0.3, 0.4) is 0 Å². The van der Waals surface area contributed by atoms with E-state index in [0.717, 1.165) is 0 Å². The van der Waals surface area contributed by atoms with Crippen LogP contribution in [0.25, 0.3) is 0 Å². The highest BCUT2D eigenvalue weighted by molar-refractivity contribution is 14.1. The summed E-state index contributed by atoms with van der Waals surface area (Å²) in [7, 11) is 2.24. The molecule has 1 unspecified atom stereocenters. The molecule has 2 heterocycles.